The van der Waals surface area contributed by atoms with E-state index in [1.165, 1.54) is 6.33 Å². The Hall–Kier alpha value is -3.65. The lowest BCUT2D eigenvalue weighted by atomic mass is 9.91. The van der Waals surface area contributed by atoms with Gasteiger partial charge in [0.25, 0.3) is 0 Å². The van der Waals surface area contributed by atoms with Gasteiger partial charge >= 0.3 is 0 Å². The zero-order valence-corrected chi connectivity index (χ0v) is 17.3. The van der Waals surface area contributed by atoms with Gasteiger partial charge in [-0.15, -0.1) is 0 Å². The van der Waals surface area contributed by atoms with E-state index in [1.807, 2.05) is 81.4 Å². The topological polar surface area (TPSA) is 117 Å². The molecule has 0 saturated carbocycles. The third kappa shape index (κ3) is 5.45. The first kappa shape index (κ1) is 21.1. The van der Waals surface area contributed by atoms with Crippen LogP contribution in [0, 0.1) is 0 Å². The van der Waals surface area contributed by atoms with Gasteiger partial charge in [-0.25, -0.2) is 15.4 Å². The highest BCUT2D eigenvalue weighted by Gasteiger charge is 2.23. The molecule has 30 heavy (non-hydrogen) atoms. The standard InChI is InChI=1S/C22H27N7O/c1-22(2,3)29-27-20-18(23)19(24-14-25-20)26-28-21(30)17(15-10-6-4-7-11-15)16-12-8-5-9-13-16/h4-14,17,29H,23H2,1-3H3,(H,28,30)(H2,24,25,26,27). The van der Waals surface area contributed by atoms with Crippen LogP contribution in [0.15, 0.2) is 67.0 Å². The van der Waals surface area contributed by atoms with Gasteiger partial charge in [0.1, 0.15) is 12.0 Å². The normalized spacial score (nSPS) is 11.2. The number of anilines is 3. The number of hydrogen-bond acceptors (Lipinski definition) is 7. The fourth-order valence-corrected chi connectivity index (χ4v) is 2.82. The van der Waals surface area contributed by atoms with E-state index in [1.54, 1.807) is 0 Å². The molecule has 1 heterocycles. The van der Waals surface area contributed by atoms with Gasteiger partial charge in [0.15, 0.2) is 11.6 Å². The average molecular weight is 406 g/mol. The van der Waals surface area contributed by atoms with Crippen molar-refractivity contribution < 1.29 is 4.79 Å². The lowest BCUT2D eigenvalue weighted by molar-refractivity contribution is -0.121. The Bertz CT molecular complexity index is 932. The molecule has 0 saturated heterocycles. The van der Waals surface area contributed by atoms with E-state index in [0.717, 1.165) is 11.1 Å². The van der Waals surface area contributed by atoms with Crippen LogP contribution < -0.4 is 27.4 Å². The summed E-state index contributed by atoms with van der Waals surface area (Å²) >= 11 is 0. The van der Waals surface area contributed by atoms with Crippen molar-refractivity contribution in [2.24, 2.45) is 0 Å². The van der Waals surface area contributed by atoms with Crippen molar-refractivity contribution in [3.05, 3.63) is 78.1 Å². The summed E-state index contributed by atoms with van der Waals surface area (Å²) in [6.45, 7) is 6.01. The number of carbonyl (C=O) groups is 1. The molecule has 0 fully saturated rings. The van der Waals surface area contributed by atoms with Crippen LogP contribution in [-0.2, 0) is 4.79 Å². The third-order valence-electron chi connectivity index (χ3n) is 4.27. The molecular formula is C22H27N7O. The van der Waals surface area contributed by atoms with Crippen molar-refractivity contribution in [3.63, 3.8) is 0 Å². The summed E-state index contributed by atoms with van der Waals surface area (Å²) in [5.41, 5.74) is 19.7. The van der Waals surface area contributed by atoms with Gasteiger partial charge < -0.3 is 11.2 Å². The van der Waals surface area contributed by atoms with E-state index in [0.29, 0.717) is 11.6 Å². The van der Waals surface area contributed by atoms with Crippen LogP contribution in [0.25, 0.3) is 0 Å². The number of nitrogen functional groups attached to an aromatic ring is 1. The lowest BCUT2D eigenvalue weighted by Gasteiger charge is -2.22. The van der Waals surface area contributed by atoms with Crippen molar-refractivity contribution in [2.45, 2.75) is 32.2 Å². The van der Waals surface area contributed by atoms with Crippen molar-refractivity contribution in [2.75, 3.05) is 16.6 Å². The molecule has 0 aliphatic rings. The summed E-state index contributed by atoms with van der Waals surface area (Å²) in [6, 6.07) is 19.2. The summed E-state index contributed by atoms with van der Waals surface area (Å²) in [7, 11) is 0. The first-order valence-corrected chi connectivity index (χ1v) is 9.64. The molecule has 1 aromatic heterocycles. The van der Waals surface area contributed by atoms with Gasteiger partial charge in [-0.05, 0) is 31.9 Å². The van der Waals surface area contributed by atoms with E-state index >= 15 is 0 Å². The minimum absolute atomic E-state index is 0.183. The number of nitrogens with zero attached hydrogens (tertiary/aromatic N) is 2. The highest BCUT2D eigenvalue weighted by molar-refractivity contribution is 5.88. The van der Waals surface area contributed by atoms with Crippen LogP contribution in [0.2, 0.25) is 0 Å². The second-order valence-electron chi connectivity index (χ2n) is 7.85. The fourth-order valence-electron chi connectivity index (χ4n) is 2.82. The van der Waals surface area contributed by atoms with Gasteiger partial charge in [-0.2, -0.15) is 0 Å². The number of rotatable bonds is 7. The van der Waals surface area contributed by atoms with Crippen molar-refractivity contribution in [3.8, 4) is 0 Å². The summed E-state index contributed by atoms with van der Waals surface area (Å²) in [6.07, 6.45) is 1.36. The van der Waals surface area contributed by atoms with Crippen LogP contribution in [0.3, 0.4) is 0 Å². The Morgan fingerprint density at radius 3 is 1.87 bits per heavy atom. The maximum Gasteiger partial charge on any atom is 0.250 e. The molecule has 8 nitrogen and oxygen atoms in total. The van der Waals surface area contributed by atoms with Crippen LogP contribution in [0.4, 0.5) is 17.3 Å². The zero-order chi connectivity index (χ0) is 21.6. The molecule has 0 bridgehead atoms. The smallest absolute Gasteiger partial charge is 0.250 e. The summed E-state index contributed by atoms with van der Waals surface area (Å²) < 4.78 is 0. The van der Waals surface area contributed by atoms with Crippen molar-refractivity contribution >= 4 is 23.2 Å². The highest BCUT2D eigenvalue weighted by Crippen LogP contribution is 2.25. The molecule has 0 atom stereocenters. The Labute approximate surface area is 176 Å². The monoisotopic (exact) mass is 405 g/mol. The minimum atomic E-state index is -0.483. The van der Waals surface area contributed by atoms with Crippen LogP contribution in [0.1, 0.15) is 37.8 Å². The third-order valence-corrected chi connectivity index (χ3v) is 4.27. The van der Waals surface area contributed by atoms with E-state index in [2.05, 4.69) is 31.7 Å². The molecule has 0 radical (unpaired) electrons. The number of hydrogen-bond donors (Lipinski definition) is 5. The predicted octanol–water partition coefficient (Wildman–Crippen LogP) is 3.05. The van der Waals surface area contributed by atoms with Crippen molar-refractivity contribution in [1.29, 1.82) is 0 Å². The number of hydrazine groups is 2. The molecule has 8 heteroatoms. The number of nitrogens with two attached hydrogens (primary N) is 1. The maximum atomic E-state index is 13.1. The number of carbonyl (C=O) groups excluding carboxylic acids is 1. The molecular weight excluding hydrogens is 378 g/mol. The lowest BCUT2D eigenvalue weighted by Crippen LogP contribution is -2.40. The molecule has 1 amide bonds. The first-order valence-electron chi connectivity index (χ1n) is 9.64. The highest BCUT2D eigenvalue weighted by atomic mass is 16.2. The molecule has 156 valence electrons. The second kappa shape index (κ2) is 9.23. The number of nitrogens with one attached hydrogen (secondary N) is 4. The van der Waals surface area contributed by atoms with E-state index < -0.39 is 5.92 Å². The van der Waals surface area contributed by atoms with Gasteiger partial charge in [-0.3, -0.25) is 15.6 Å². The molecule has 3 aromatic rings. The van der Waals surface area contributed by atoms with Crippen LogP contribution >= 0.6 is 0 Å². The molecule has 0 aliphatic carbocycles. The van der Waals surface area contributed by atoms with Gasteiger partial charge in [0.05, 0.1) is 5.92 Å². The first-order chi connectivity index (χ1) is 14.3. The van der Waals surface area contributed by atoms with Gasteiger partial charge in [-0.1, -0.05) is 60.7 Å². The maximum absolute atomic E-state index is 13.1. The zero-order valence-electron chi connectivity index (χ0n) is 17.3. The van der Waals surface area contributed by atoms with Crippen molar-refractivity contribution in [1.82, 2.24) is 20.8 Å². The summed E-state index contributed by atoms with van der Waals surface area (Å²) in [5, 5.41) is 0. The van der Waals surface area contributed by atoms with E-state index in [-0.39, 0.29) is 17.1 Å². The van der Waals surface area contributed by atoms with E-state index in [9.17, 15) is 4.79 Å². The number of benzene rings is 2. The van der Waals surface area contributed by atoms with Crippen LogP contribution in [0.5, 0.6) is 0 Å². The predicted molar refractivity (Wildman–Crippen MR) is 119 cm³/mol. The number of aromatic nitrogens is 2. The molecule has 0 spiro atoms. The van der Waals surface area contributed by atoms with Gasteiger partial charge in [0.2, 0.25) is 5.91 Å². The van der Waals surface area contributed by atoms with Crippen LogP contribution in [-0.4, -0.2) is 21.4 Å². The Morgan fingerprint density at radius 2 is 1.37 bits per heavy atom. The molecule has 2 aromatic carbocycles. The van der Waals surface area contributed by atoms with Gasteiger partial charge in [0, 0.05) is 5.54 Å². The number of amides is 1. The Morgan fingerprint density at radius 1 is 0.867 bits per heavy atom. The molecule has 0 unspecified atom stereocenters. The molecule has 6 N–H and O–H groups in total. The fraction of sp³-hybridized carbons (Fsp3) is 0.227. The Kier molecular flexibility index (Phi) is 6.48. The quantitative estimate of drug-likeness (QED) is 0.384. The largest absolute Gasteiger partial charge is 0.393 e. The summed E-state index contributed by atoms with van der Waals surface area (Å²) in [5.74, 6) is 0.00614. The second-order valence-corrected chi connectivity index (χ2v) is 7.85. The SMILES string of the molecule is CC(C)(C)NNc1ncnc(NNC(=O)C(c2ccccc2)c2ccccc2)c1N. The average Bonchev–Trinajstić information content (AvgIpc) is 2.73. The molecule has 3 rings (SSSR count). The molecule has 0 aliphatic heterocycles. The Balaban J connectivity index is 1.76. The summed E-state index contributed by atoms with van der Waals surface area (Å²) in [4.78, 5) is 21.4. The minimum Gasteiger partial charge on any atom is -0.393 e. The van der Waals surface area contributed by atoms with E-state index in [4.69, 9.17) is 5.73 Å².